The van der Waals surface area contributed by atoms with Crippen molar-refractivity contribution in [1.29, 1.82) is 0 Å². The van der Waals surface area contributed by atoms with Crippen molar-refractivity contribution in [2.24, 2.45) is 10.8 Å². The van der Waals surface area contributed by atoms with E-state index in [1.54, 1.807) is 0 Å². The van der Waals surface area contributed by atoms with Gasteiger partial charge in [-0.1, -0.05) is 58.0 Å². The van der Waals surface area contributed by atoms with Crippen LogP contribution in [0.3, 0.4) is 0 Å². The van der Waals surface area contributed by atoms with Gasteiger partial charge in [-0.15, -0.1) is 0 Å². The van der Waals surface area contributed by atoms with Crippen LogP contribution in [0.5, 0.6) is 11.5 Å². The summed E-state index contributed by atoms with van der Waals surface area (Å²) in [5.74, 6) is 1.65. The normalized spacial score (nSPS) is 18.4. The molecule has 5 aliphatic rings. The third kappa shape index (κ3) is 4.01. The fourth-order valence-corrected chi connectivity index (χ4v) is 9.39. The number of anilines is 6. The molecule has 4 nitrogen and oxygen atoms in total. The van der Waals surface area contributed by atoms with Crippen LogP contribution in [0.2, 0.25) is 0 Å². The van der Waals surface area contributed by atoms with Crippen LogP contribution in [0.15, 0.2) is 84.9 Å². The second-order valence-corrected chi connectivity index (χ2v) is 16.1. The van der Waals surface area contributed by atoms with Crippen LogP contribution in [-0.2, 0) is 25.7 Å². The van der Waals surface area contributed by atoms with Crippen molar-refractivity contribution in [3.63, 3.8) is 0 Å². The van der Waals surface area contributed by atoms with E-state index >= 15 is 0 Å². The van der Waals surface area contributed by atoms with Crippen LogP contribution in [0.1, 0.15) is 55.5 Å². The van der Waals surface area contributed by atoms with Gasteiger partial charge in [-0.05, 0) is 136 Å². The smallest absolute Gasteiger partial charge is 0.252 e. The zero-order chi connectivity index (χ0) is 31.8. The molecule has 47 heavy (non-hydrogen) atoms. The van der Waals surface area contributed by atoms with E-state index in [9.17, 15) is 0 Å². The van der Waals surface area contributed by atoms with Crippen molar-refractivity contribution < 1.29 is 9.47 Å². The van der Waals surface area contributed by atoms with Gasteiger partial charge in [-0.2, -0.15) is 0 Å². The molecule has 3 aliphatic heterocycles. The molecule has 5 heteroatoms. The summed E-state index contributed by atoms with van der Waals surface area (Å²) in [5, 5.41) is 0. The van der Waals surface area contributed by atoms with E-state index < -0.39 is 0 Å². The topological polar surface area (TPSA) is 24.9 Å². The molecule has 0 amide bonds. The number of rotatable bonds is 2. The van der Waals surface area contributed by atoms with Crippen molar-refractivity contribution in [3.8, 4) is 11.5 Å². The first-order valence-corrected chi connectivity index (χ1v) is 17.1. The number of para-hydroxylation sites is 1. The molecule has 0 saturated heterocycles. The summed E-state index contributed by atoms with van der Waals surface area (Å²) in [4.78, 5) is 5.04. The largest absolute Gasteiger partial charge is 0.454 e. The van der Waals surface area contributed by atoms with E-state index in [2.05, 4.69) is 129 Å². The summed E-state index contributed by atoms with van der Waals surface area (Å²) in [6.45, 7) is 12.2. The van der Waals surface area contributed by atoms with Gasteiger partial charge in [-0.3, -0.25) is 0 Å². The molecule has 0 spiro atoms. The van der Waals surface area contributed by atoms with Crippen LogP contribution < -0.4 is 35.7 Å². The highest BCUT2D eigenvalue weighted by Gasteiger charge is 2.46. The minimum Gasteiger partial charge on any atom is -0.454 e. The molecule has 0 bridgehead atoms. The molecule has 10 rings (SSSR count). The number of fused-ring (bicyclic) bond motifs is 7. The highest BCUT2D eigenvalue weighted by Crippen LogP contribution is 2.49. The number of nitrogens with zero attached hydrogens (tertiary/aromatic N) is 2. The van der Waals surface area contributed by atoms with Gasteiger partial charge in [0.25, 0.3) is 6.71 Å². The summed E-state index contributed by atoms with van der Waals surface area (Å²) >= 11 is 0. The number of benzene rings is 5. The van der Waals surface area contributed by atoms with Gasteiger partial charge in [0.2, 0.25) is 6.79 Å². The van der Waals surface area contributed by atoms with Crippen LogP contribution in [0.25, 0.3) is 0 Å². The van der Waals surface area contributed by atoms with E-state index in [-0.39, 0.29) is 18.9 Å². The lowest BCUT2D eigenvalue weighted by Crippen LogP contribution is -2.61. The number of aryl methyl sites for hydroxylation is 1. The Labute approximate surface area is 278 Å². The Kier molecular flexibility index (Phi) is 5.41. The fourth-order valence-electron chi connectivity index (χ4n) is 9.39. The molecule has 5 aromatic rings. The first-order chi connectivity index (χ1) is 22.6. The molecule has 0 N–H and O–H groups in total. The van der Waals surface area contributed by atoms with Crippen LogP contribution in [0, 0.1) is 17.8 Å². The zero-order valence-electron chi connectivity index (χ0n) is 27.9. The van der Waals surface area contributed by atoms with E-state index in [1.807, 2.05) is 0 Å². The Balaban J connectivity index is 1.29. The van der Waals surface area contributed by atoms with Crippen LogP contribution in [-0.4, -0.2) is 13.5 Å². The molecule has 232 valence electrons. The predicted molar refractivity (Wildman–Crippen MR) is 194 cm³/mol. The third-order valence-corrected chi connectivity index (χ3v) is 11.2. The quantitative estimate of drug-likeness (QED) is 0.184. The maximum Gasteiger partial charge on any atom is 0.252 e. The first kappa shape index (κ1) is 27.5. The van der Waals surface area contributed by atoms with E-state index in [1.165, 1.54) is 67.0 Å². The molecule has 0 aromatic heterocycles. The summed E-state index contributed by atoms with van der Waals surface area (Å²) < 4.78 is 12.0. The summed E-state index contributed by atoms with van der Waals surface area (Å²) in [5.41, 5.74) is 19.2. The zero-order valence-corrected chi connectivity index (χ0v) is 27.9. The van der Waals surface area contributed by atoms with Crippen molar-refractivity contribution in [2.75, 3.05) is 16.6 Å². The summed E-state index contributed by atoms with van der Waals surface area (Å²) in [6.07, 6.45) is 4.47. The van der Waals surface area contributed by atoms with E-state index in [0.29, 0.717) is 5.41 Å². The highest BCUT2D eigenvalue weighted by molar-refractivity contribution is 7.00. The average Bonchev–Trinajstić information content (AvgIpc) is 3.70. The van der Waals surface area contributed by atoms with Crippen molar-refractivity contribution in [3.05, 3.63) is 113 Å². The molecule has 5 aromatic carbocycles. The van der Waals surface area contributed by atoms with Crippen molar-refractivity contribution >= 4 is 57.2 Å². The van der Waals surface area contributed by atoms with Gasteiger partial charge in [0.05, 0.1) is 0 Å². The molecular formula is C42H39BN2O2. The first-order valence-electron chi connectivity index (χ1n) is 17.1. The van der Waals surface area contributed by atoms with Crippen molar-refractivity contribution in [2.45, 2.75) is 60.3 Å². The Bertz CT molecular complexity index is 2170. The maximum atomic E-state index is 6.04. The van der Waals surface area contributed by atoms with E-state index in [4.69, 9.17) is 9.47 Å². The molecule has 0 atom stereocenters. The standard InChI is InChI=1S/C42H39BN2O2/c1-25-13-36-40-37(14-25)45(31-12-11-26-20-41(2,3)21-27(26)15-31)34-17-29-23-42(4,5)22-28(29)16-32(34)43(40)33-18-38-39(47-24-46-38)19-35(33)44(36)30-9-7-6-8-10-30/h6-19H,20-24H2,1-5H3. The fraction of sp³-hybridized carbons (Fsp3) is 0.286. The Hall–Kier alpha value is -4.64. The van der Waals surface area contributed by atoms with Crippen LogP contribution in [0.4, 0.5) is 34.1 Å². The molecule has 2 aliphatic carbocycles. The Morgan fingerprint density at radius 2 is 1.13 bits per heavy atom. The second-order valence-electron chi connectivity index (χ2n) is 16.1. The van der Waals surface area contributed by atoms with Gasteiger partial charge < -0.3 is 19.3 Å². The molecule has 0 saturated carbocycles. The molecule has 0 unspecified atom stereocenters. The Morgan fingerprint density at radius 3 is 1.85 bits per heavy atom. The van der Waals surface area contributed by atoms with Gasteiger partial charge in [0.15, 0.2) is 11.5 Å². The van der Waals surface area contributed by atoms with E-state index in [0.717, 1.165) is 48.6 Å². The van der Waals surface area contributed by atoms with Gasteiger partial charge in [-0.25, -0.2) is 0 Å². The molecule has 0 fully saturated rings. The minimum absolute atomic E-state index is 0.0682. The lowest BCUT2D eigenvalue weighted by atomic mass is 9.33. The molecule has 0 radical (unpaired) electrons. The molecule has 3 heterocycles. The second kappa shape index (κ2) is 9.25. The SMILES string of the molecule is Cc1cc2c3c(c1)N(c1ccccc1)c1cc4c(cc1B3c1cc3c(cc1N2c1ccc2c(c1)CC(C)(C)C2)CC(C)(C)C3)OCO4. The lowest BCUT2D eigenvalue weighted by Gasteiger charge is -2.44. The predicted octanol–water partition coefficient (Wildman–Crippen LogP) is 8.06. The van der Waals surface area contributed by atoms with Crippen molar-refractivity contribution in [1.82, 2.24) is 0 Å². The summed E-state index contributed by atoms with van der Waals surface area (Å²) in [6, 6.07) is 32.4. The minimum atomic E-state index is 0.0682. The monoisotopic (exact) mass is 614 g/mol. The lowest BCUT2D eigenvalue weighted by molar-refractivity contribution is 0.174. The third-order valence-electron chi connectivity index (χ3n) is 11.2. The van der Waals surface area contributed by atoms with Gasteiger partial charge >= 0.3 is 0 Å². The summed E-state index contributed by atoms with van der Waals surface area (Å²) in [7, 11) is 0. The number of hydrogen-bond acceptors (Lipinski definition) is 4. The van der Waals surface area contributed by atoms with Crippen LogP contribution >= 0.6 is 0 Å². The highest BCUT2D eigenvalue weighted by atomic mass is 16.7. The molecular weight excluding hydrogens is 575 g/mol. The average molecular weight is 615 g/mol. The van der Waals surface area contributed by atoms with Gasteiger partial charge in [0, 0.05) is 40.2 Å². The maximum absolute atomic E-state index is 6.04. The van der Waals surface area contributed by atoms with Gasteiger partial charge in [0.1, 0.15) is 0 Å². The number of ether oxygens (including phenoxy) is 2. The Morgan fingerprint density at radius 1 is 0.553 bits per heavy atom. The number of hydrogen-bond donors (Lipinski definition) is 0.